The summed E-state index contributed by atoms with van der Waals surface area (Å²) in [6, 6.07) is 3.16. The molecule has 3 aromatic heterocycles. The third kappa shape index (κ3) is 3.27. The molecule has 1 aliphatic heterocycles. The van der Waals surface area contributed by atoms with E-state index in [1.807, 2.05) is 0 Å². The van der Waals surface area contributed by atoms with E-state index in [1.165, 1.54) is 25.6 Å². The van der Waals surface area contributed by atoms with E-state index in [0.29, 0.717) is 41.3 Å². The van der Waals surface area contributed by atoms with Crippen molar-refractivity contribution in [3.63, 3.8) is 0 Å². The minimum atomic E-state index is -3.63. The summed E-state index contributed by atoms with van der Waals surface area (Å²) in [6.07, 6.45) is 5.97. The number of hydrogen-bond acceptors (Lipinski definition) is 10. The molecule has 1 fully saturated rings. The van der Waals surface area contributed by atoms with E-state index in [1.54, 1.807) is 19.2 Å². The number of nitrogens with zero attached hydrogens (tertiary/aromatic N) is 5. The Bertz CT molecular complexity index is 1410. The Labute approximate surface area is 189 Å². The Kier molecular flexibility index (Phi) is 4.74. The molecule has 2 aliphatic rings. The van der Waals surface area contributed by atoms with Crippen LogP contribution in [0.1, 0.15) is 31.7 Å². The van der Waals surface area contributed by atoms with Crippen molar-refractivity contribution in [2.45, 2.75) is 36.5 Å². The smallest absolute Gasteiger partial charge is 0.232 e. The summed E-state index contributed by atoms with van der Waals surface area (Å²) in [6.45, 7) is 1.56. The average molecular weight is 472 g/mol. The van der Waals surface area contributed by atoms with E-state index < -0.39 is 26.1 Å². The molecule has 3 N–H and O–H groups in total. The molecule has 1 atom stereocenters. The number of sulfone groups is 1. The Morgan fingerprint density at radius 3 is 2.67 bits per heavy atom. The maximum atomic E-state index is 14.8. The van der Waals surface area contributed by atoms with Crippen molar-refractivity contribution < 1.29 is 17.5 Å². The van der Waals surface area contributed by atoms with Gasteiger partial charge < -0.3 is 15.8 Å². The number of nitrogens with two attached hydrogens (primary N) is 1. The summed E-state index contributed by atoms with van der Waals surface area (Å²) in [5.74, 6) is -0.382. The monoisotopic (exact) mass is 471 g/mol. The standard InChI is InChI=1S/C21H22FN7O3S/c1-20(11-33(30,31)21(5-3-6-21)19(23)29-20)13-8-12(9-26-17(13)22)27-18-16-14(4-7-24-18)28-15(32-2)10-25-16/h4,7-10H,3,5-6,11H2,1-2H3,(H2,23,29)(H,24,27)/t20-/m0/s1. The highest BCUT2D eigenvalue weighted by atomic mass is 32.2. The van der Waals surface area contributed by atoms with Gasteiger partial charge in [-0.15, -0.1) is 0 Å². The second-order valence-corrected chi connectivity index (χ2v) is 10.8. The maximum Gasteiger partial charge on any atom is 0.232 e. The predicted molar refractivity (Wildman–Crippen MR) is 121 cm³/mol. The van der Waals surface area contributed by atoms with Crippen LogP contribution in [0.2, 0.25) is 0 Å². The molecule has 0 aromatic carbocycles. The van der Waals surface area contributed by atoms with E-state index in [2.05, 4.69) is 30.2 Å². The van der Waals surface area contributed by atoms with Crippen LogP contribution in [-0.2, 0) is 15.4 Å². The van der Waals surface area contributed by atoms with E-state index >= 15 is 0 Å². The number of methoxy groups -OCH3 is 1. The Hall–Kier alpha value is -3.41. The van der Waals surface area contributed by atoms with Gasteiger partial charge in [0.1, 0.15) is 21.6 Å². The normalized spacial score (nSPS) is 23.1. The van der Waals surface area contributed by atoms with E-state index in [-0.39, 0.29) is 17.2 Å². The van der Waals surface area contributed by atoms with Gasteiger partial charge in [0.25, 0.3) is 0 Å². The quantitative estimate of drug-likeness (QED) is 0.547. The molecule has 0 amide bonds. The highest BCUT2D eigenvalue weighted by molar-refractivity contribution is 7.93. The largest absolute Gasteiger partial charge is 0.480 e. The summed E-state index contributed by atoms with van der Waals surface area (Å²) >= 11 is 0. The molecule has 1 aliphatic carbocycles. The van der Waals surface area contributed by atoms with E-state index in [0.717, 1.165) is 6.42 Å². The van der Waals surface area contributed by atoms with Gasteiger partial charge >= 0.3 is 0 Å². The lowest BCUT2D eigenvalue weighted by Crippen LogP contribution is -2.61. The number of rotatable bonds is 4. The second kappa shape index (κ2) is 7.30. The molecule has 172 valence electrons. The number of aromatic nitrogens is 4. The molecule has 0 bridgehead atoms. The Balaban J connectivity index is 1.54. The van der Waals surface area contributed by atoms with Gasteiger partial charge in [0.15, 0.2) is 15.7 Å². The fourth-order valence-corrected chi connectivity index (χ4v) is 6.93. The van der Waals surface area contributed by atoms with Gasteiger partial charge in [0.2, 0.25) is 11.8 Å². The lowest BCUT2D eigenvalue weighted by Gasteiger charge is -2.46. The Morgan fingerprint density at radius 2 is 2.00 bits per heavy atom. The summed E-state index contributed by atoms with van der Waals surface area (Å²) < 4.78 is 45.1. The average Bonchev–Trinajstić information content (AvgIpc) is 2.72. The molecule has 10 nitrogen and oxygen atoms in total. The van der Waals surface area contributed by atoms with Crippen molar-refractivity contribution in [2.75, 3.05) is 18.2 Å². The molecule has 0 unspecified atom stereocenters. The van der Waals surface area contributed by atoms with Crippen LogP contribution in [0.15, 0.2) is 35.7 Å². The van der Waals surface area contributed by atoms with Crippen molar-refractivity contribution >= 4 is 38.2 Å². The molecule has 0 saturated heterocycles. The molecule has 1 saturated carbocycles. The van der Waals surface area contributed by atoms with Crippen LogP contribution in [-0.4, -0.2) is 51.8 Å². The molecular weight excluding hydrogens is 449 g/mol. The highest BCUT2D eigenvalue weighted by Gasteiger charge is 2.58. The molecular formula is C21H22FN7O3S. The first kappa shape index (κ1) is 21.4. The van der Waals surface area contributed by atoms with Gasteiger partial charge in [-0.1, -0.05) is 0 Å². The molecule has 0 radical (unpaired) electrons. The lowest BCUT2D eigenvalue weighted by molar-refractivity contribution is 0.386. The summed E-state index contributed by atoms with van der Waals surface area (Å²) in [5.41, 5.74) is 6.18. The molecule has 1 spiro atoms. The van der Waals surface area contributed by atoms with Crippen molar-refractivity contribution in [1.29, 1.82) is 0 Å². The molecule has 12 heteroatoms. The van der Waals surface area contributed by atoms with Crippen molar-refractivity contribution in [2.24, 2.45) is 10.7 Å². The SMILES string of the molecule is COc1cnc2c(Nc3cnc(F)c([C@]4(C)CS(=O)(=O)C5(CCC5)C(N)=N4)c3)nccc2n1. The van der Waals surface area contributed by atoms with Crippen LogP contribution in [0.25, 0.3) is 11.0 Å². The third-order valence-corrected chi connectivity index (χ3v) is 9.14. The van der Waals surface area contributed by atoms with Crippen LogP contribution in [0, 0.1) is 5.95 Å². The number of anilines is 2. The molecule has 4 heterocycles. The molecule has 33 heavy (non-hydrogen) atoms. The van der Waals surface area contributed by atoms with Crippen molar-refractivity contribution in [1.82, 2.24) is 19.9 Å². The minimum absolute atomic E-state index is 0.0289. The zero-order chi connectivity index (χ0) is 23.4. The number of nitrogens with one attached hydrogen (secondary N) is 1. The third-order valence-electron chi connectivity index (χ3n) is 6.39. The first-order valence-corrected chi connectivity index (χ1v) is 12.0. The summed E-state index contributed by atoms with van der Waals surface area (Å²) in [7, 11) is -2.13. The first-order chi connectivity index (χ1) is 15.7. The summed E-state index contributed by atoms with van der Waals surface area (Å²) in [5, 5.41) is 3.07. The van der Waals surface area contributed by atoms with Gasteiger partial charge in [-0.2, -0.15) is 4.39 Å². The predicted octanol–water partition coefficient (Wildman–Crippen LogP) is 2.23. The van der Waals surface area contributed by atoms with Crippen molar-refractivity contribution in [3.05, 3.63) is 42.2 Å². The van der Waals surface area contributed by atoms with Gasteiger partial charge in [-0.3, -0.25) is 4.99 Å². The van der Waals surface area contributed by atoms with Crippen LogP contribution in [0.4, 0.5) is 15.9 Å². The first-order valence-electron chi connectivity index (χ1n) is 10.3. The number of fused-ring (bicyclic) bond motifs is 1. The number of aliphatic imine (C=N–C) groups is 1. The Morgan fingerprint density at radius 1 is 1.21 bits per heavy atom. The van der Waals surface area contributed by atoms with Crippen LogP contribution >= 0.6 is 0 Å². The van der Waals surface area contributed by atoms with Gasteiger partial charge in [0, 0.05) is 11.8 Å². The topological polar surface area (TPSA) is 145 Å². The maximum absolute atomic E-state index is 14.8. The van der Waals surface area contributed by atoms with Crippen molar-refractivity contribution in [3.8, 4) is 5.88 Å². The van der Waals surface area contributed by atoms with Crippen LogP contribution in [0.5, 0.6) is 5.88 Å². The van der Waals surface area contributed by atoms with Crippen LogP contribution in [0.3, 0.4) is 0 Å². The van der Waals surface area contributed by atoms with Gasteiger partial charge in [-0.25, -0.2) is 28.4 Å². The van der Waals surface area contributed by atoms with Gasteiger partial charge in [-0.05, 0) is 38.3 Å². The fraction of sp³-hybridized carbons (Fsp3) is 0.381. The minimum Gasteiger partial charge on any atom is -0.480 e. The zero-order valence-electron chi connectivity index (χ0n) is 18.0. The van der Waals surface area contributed by atoms with Gasteiger partial charge in [0.05, 0.1) is 36.5 Å². The number of pyridine rings is 2. The number of ether oxygens (including phenoxy) is 1. The number of amidine groups is 1. The molecule has 5 rings (SSSR count). The zero-order valence-corrected chi connectivity index (χ0v) is 18.9. The number of halogens is 1. The number of hydrogen-bond donors (Lipinski definition) is 2. The fourth-order valence-electron chi connectivity index (χ4n) is 4.42. The second-order valence-electron chi connectivity index (χ2n) is 8.50. The van der Waals surface area contributed by atoms with E-state index in [9.17, 15) is 12.8 Å². The van der Waals surface area contributed by atoms with E-state index in [4.69, 9.17) is 10.5 Å². The lowest BCUT2D eigenvalue weighted by atomic mass is 9.82. The highest BCUT2D eigenvalue weighted by Crippen LogP contribution is 2.47. The summed E-state index contributed by atoms with van der Waals surface area (Å²) in [4.78, 5) is 21.3. The van der Waals surface area contributed by atoms with Crippen LogP contribution < -0.4 is 15.8 Å². The molecule has 3 aromatic rings.